The number of rotatable bonds is 2. The molecule has 3 heterocycles. The van der Waals surface area contributed by atoms with Crippen molar-refractivity contribution in [3.63, 3.8) is 0 Å². The van der Waals surface area contributed by atoms with Gasteiger partial charge in [0.2, 0.25) is 0 Å². The number of nitrogens with two attached hydrogens (primary N) is 1. The highest BCUT2D eigenvalue weighted by Crippen LogP contribution is 2.27. The summed E-state index contributed by atoms with van der Waals surface area (Å²) in [5, 5.41) is 4.75. The first-order valence-corrected chi connectivity index (χ1v) is 8.54. The molecule has 4 rings (SSSR count). The van der Waals surface area contributed by atoms with Crippen LogP contribution in [0, 0.1) is 13.8 Å². The lowest BCUT2D eigenvalue weighted by atomic mass is 10.0. The van der Waals surface area contributed by atoms with Crippen LogP contribution in [0.15, 0.2) is 36.7 Å². The molecule has 0 unspecified atom stereocenters. The molecule has 5 heteroatoms. The van der Waals surface area contributed by atoms with E-state index in [1.54, 1.807) is 0 Å². The van der Waals surface area contributed by atoms with Crippen LogP contribution in [-0.2, 0) is 0 Å². The largest absolute Gasteiger partial charge is 0.355 e. The third kappa shape index (κ3) is 2.65. The molecule has 0 radical (unpaired) electrons. The second kappa shape index (κ2) is 5.91. The smallest absolute Gasteiger partial charge is 0.154 e. The average molecular weight is 321 g/mol. The summed E-state index contributed by atoms with van der Waals surface area (Å²) in [6.45, 7) is 6.18. The Balaban J connectivity index is 1.75. The molecular weight excluding hydrogens is 298 g/mol. The highest BCUT2D eigenvalue weighted by atomic mass is 15.3. The van der Waals surface area contributed by atoms with Gasteiger partial charge in [-0.3, -0.25) is 0 Å². The summed E-state index contributed by atoms with van der Waals surface area (Å²) in [5.74, 6) is 1.01. The molecule has 2 N–H and O–H groups in total. The monoisotopic (exact) mass is 321 g/mol. The number of aryl methyl sites for hydroxylation is 2. The van der Waals surface area contributed by atoms with Gasteiger partial charge in [-0.05, 0) is 49.9 Å². The summed E-state index contributed by atoms with van der Waals surface area (Å²) in [7, 11) is 0. The maximum atomic E-state index is 6.03. The lowest BCUT2D eigenvalue weighted by molar-refractivity contribution is 0.499. The quantitative estimate of drug-likeness (QED) is 0.788. The first-order valence-electron chi connectivity index (χ1n) is 8.54. The molecule has 124 valence electrons. The SMILES string of the molecule is Cc1ccc(-c2cc3c(N4CCC(N)CC4)nccn3n2)cc1C. The Morgan fingerprint density at radius 3 is 2.62 bits per heavy atom. The van der Waals surface area contributed by atoms with E-state index in [9.17, 15) is 0 Å². The molecule has 1 aliphatic heterocycles. The van der Waals surface area contributed by atoms with Crippen LogP contribution in [0.3, 0.4) is 0 Å². The van der Waals surface area contributed by atoms with Gasteiger partial charge in [0.1, 0.15) is 5.52 Å². The average Bonchev–Trinajstić information content (AvgIpc) is 3.02. The standard InChI is InChI=1S/C19H23N5/c1-13-3-4-15(11-14(13)2)17-12-18-19(21-7-10-24(18)22-17)23-8-5-16(20)6-9-23/h3-4,7,10-12,16H,5-6,8-9,20H2,1-2H3. The Labute approximate surface area is 142 Å². The lowest BCUT2D eigenvalue weighted by Gasteiger charge is -2.31. The van der Waals surface area contributed by atoms with Crippen LogP contribution in [0.2, 0.25) is 0 Å². The molecule has 1 fully saturated rings. The molecule has 1 aliphatic rings. The minimum absolute atomic E-state index is 0.317. The number of hydrogen-bond donors (Lipinski definition) is 1. The van der Waals surface area contributed by atoms with Crippen molar-refractivity contribution in [1.29, 1.82) is 0 Å². The fourth-order valence-corrected chi connectivity index (χ4v) is 3.31. The first kappa shape index (κ1) is 15.1. The number of fused-ring (bicyclic) bond motifs is 1. The van der Waals surface area contributed by atoms with E-state index in [-0.39, 0.29) is 0 Å². The second-order valence-corrected chi connectivity index (χ2v) is 6.73. The van der Waals surface area contributed by atoms with Crippen molar-refractivity contribution in [3.8, 4) is 11.3 Å². The van der Waals surface area contributed by atoms with E-state index < -0.39 is 0 Å². The number of anilines is 1. The molecule has 2 aromatic heterocycles. The van der Waals surface area contributed by atoms with Crippen LogP contribution in [0.4, 0.5) is 5.82 Å². The Morgan fingerprint density at radius 1 is 1.08 bits per heavy atom. The molecule has 0 spiro atoms. The van der Waals surface area contributed by atoms with Crippen molar-refractivity contribution in [1.82, 2.24) is 14.6 Å². The predicted octanol–water partition coefficient (Wildman–Crippen LogP) is 2.94. The topological polar surface area (TPSA) is 59.5 Å². The van der Waals surface area contributed by atoms with Crippen molar-refractivity contribution < 1.29 is 0 Å². The van der Waals surface area contributed by atoms with E-state index in [4.69, 9.17) is 10.8 Å². The van der Waals surface area contributed by atoms with Gasteiger partial charge in [-0.15, -0.1) is 0 Å². The van der Waals surface area contributed by atoms with Gasteiger partial charge < -0.3 is 10.6 Å². The van der Waals surface area contributed by atoms with Gasteiger partial charge in [0, 0.05) is 37.1 Å². The lowest BCUT2D eigenvalue weighted by Crippen LogP contribution is -2.40. The van der Waals surface area contributed by atoms with Crippen LogP contribution in [0.5, 0.6) is 0 Å². The van der Waals surface area contributed by atoms with Crippen LogP contribution in [-0.4, -0.2) is 33.7 Å². The van der Waals surface area contributed by atoms with E-state index in [0.29, 0.717) is 6.04 Å². The summed E-state index contributed by atoms with van der Waals surface area (Å²) in [6, 6.07) is 8.94. The van der Waals surface area contributed by atoms with Gasteiger partial charge in [-0.1, -0.05) is 12.1 Å². The van der Waals surface area contributed by atoms with E-state index >= 15 is 0 Å². The Morgan fingerprint density at radius 2 is 1.88 bits per heavy atom. The normalized spacial score (nSPS) is 16.0. The summed E-state index contributed by atoms with van der Waals surface area (Å²) in [5.41, 5.74) is 11.8. The van der Waals surface area contributed by atoms with Gasteiger partial charge in [0.05, 0.1) is 5.69 Å². The number of piperidine rings is 1. The molecule has 1 saturated heterocycles. The van der Waals surface area contributed by atoms with Crippen molar-refractivity contribution in [2.24, 2.45) is 5.73 Å². The van der Waals surface area contributed by atoms with E-state index in [1.165, 1.54) is 11.1 Å². The van der Waals surface area contributed by atoms with Crippen molar-refractivity contribution in [2.45, 2.75) is 32.7 Å². The van der Waals surface area contributed by atoms with Crippen LogP contribution < -0.4 is 10.6 Å². The predicted molar refractivity (Wildman–Crippen MR) is 97.3 cm³/mol. The third-order valence-electron chi connectivity index (χ3n) is 5.01. The van der Waals surface area contributed by atoms with Gasteiger partial charge in [0.15, 0.2) is 5.82 Å². The minimum atomic E-state index is 0.317. The molecule has 24 heavy (non-hydrogen) atoms. The first-order chi connectivity index (χ1) is 11.6. The number of aromatic nitrogens is 3. The number of nitrogens with zero attached hydrogens (tertiary/aromatic N) is 4. The van der Waals surface area contributed by atoms with Gasteiger partial charge >= 0.3 is 0 Å². The zero-order valence-corrected chi connectivity index (χ0v) is 14.2. The van der Waals surface area contributed by atoms with E-state index in [1.807, 2.05) is 16.9 Å². The molecule has 1 aromatic carbocycles. The number of benzene rings is 1. The van der Waals surface area contributed by atoms with Crippen molar-refractivity contribution >= 4 is 11.3 Å². The van der Waals surface area contributed by atoms with Crippen molar-refractivity contribution in [2.75, 3.05) is 18.0 Å². The fraction of sp³-hybridized carbons (Fsp3) is 0.368. The van der Waals surface area contributed by atoms with Gasteiger partial charge in [-0.2, -0.15) is 5.10 Å². The van der Waals surface area contributed by atoms with Crippen LogP contribution in [0.25, 0.3) is 16.8 Å². The summed E-state index contributed by atoms with van der Waals surface area (Å²) >= 11 is 0. The summed E-state index contributed by atoms with van der Waals surface area (Å²) in [6.07, 6.45) is 5.77. The number of hydrogen-bond acceptors (Lipinski definition) is 4. The molecule has 5 nitrogen and oxygen atoms in total. The van der Waals surface area contributed by atoms with E-state index in [2.05, 4.69) is 48.0 Å². The molecule has 0 aliphatic carbocycles. The fourth-order valence-electron chi connectivity index (χ4n) is 3.31. The highest BCUT2D eigenvalue weighted by Gasteiger charge is 2.20. The molecule has 0 atom stereocenters. The third-order valence-corrected chi connectivity index (χ3v) is 5.01. The second-order valence-electron chi connectivity index (χ2n) is 6.73. The molecule has 0 saturated carbocycles. The van der Waals surface area contributed by atoms with Gasteiger partial charge in [-0.25, -0.2) is 9.50 Å². The molecule has 0 amide bonds. The maximum Gasteiger partial charge on any atom is 0.154 e. The molecule has 3 aromatic rings. The Kier molecular flexibility index (Phi) is 3.73. The summed E-state index contributed by atoms with van der Waals surface area (Å²) < 4.78 is 1.93. The summed E-state index contributed by atoms with van der Waals surface area (Å²) in [4.78, 5) is 6.94. The van der Waals surface area contributed by atoms with Gasteiger partial charge in [0.25, 0.3) is 0 Å². The zero-order valence-electron chi connectivity index (χ0n) is 14.2. The van der Waals surface area contributed by atoms with Crippen molar-refractivity contribution in [3.05, 3.63) is 47.8 Å². The van der Waals surface area contributed by atoms with Crippen LogP contribution >= 0.6 is 0 Å². The minimum Gasteiger partial charge on any atom is -0.355 e. The zero-order chi connectivity index (χ0) is 16.7. The van der Waals surface area contributed by atoms with Crippen LogP contribution in [0.1, 0.15) is 24.0 Å². The maximum absolute atomic E-state index is 6.03. The Hall–Kier alpha value is -2.40. The molecular formula is C19H23N5. The molecule has 0 bridgehead atoms. The Bertz CT molecular complexity index is 875. The van der Waals surface area contributed by atoms with E-state index in [0.717, 1.165) is 48.5 Å². The highest BCUT2D eigenvalue weighted by molar-refractivity contribution is 5.75.